The van der Waals surface area contributed by atoms with Gasteiger partial charge in [-0.15, -0.1) is 0 Å². The molecule has 0 aliphatic heterocycles. The lowest BCUT2D eigenvalue weighted by molar-refractivity contribution is 0.0944. The Kier molecular flexibility index (Phi) is 3.28. The molecule has 78 valence electrons. The Hall–Kier alpha value is -0.880. The van der Waals surface area contributed by atoms with E-state index in [1.54, 1.807) is 13.8 Å². The first-order chi connectivity index (χ1) is 6.40. The second kappa shape index (κ2) is 4.10. The first-order valence-electron chi connectivity index (χ1n) is 4.09. The van der Waals surface area contributed by atoms with Gasteiger partial charge in [0.15, 0.2) is 0 Å². The van der Waals surface area contributed by atoms with Crippen molar-refractivity contribution >= 4 is 21.7 Å². The first kappa shape index (κ1) is 11.2. The van der Waals surface area contributed by atoms with Crippen LogP contribution in [0.3, 0.4) is 0 Å². The molecule has 14 heavy (non-hydrogen) atoms. The minimum Gasteiger partial charge on any atom is -0.389 e. The van der Waals surface area contributed by atoms with Gasteiger partial charge in [-0.25, -0.2) is 4.98 Å². The van der Waals surface area contributed by atoms with Gasteiger partial charge in [0.1, 0.15) is 10.3 Å². The van der Waals surface area contributed by atoms with Crippen LogP contribution >= 0.6 is 15.9 Å². The molecule has 0 aromatic carbocycles. The van der Waals surface area contributed by atoms with Gasteiger partial charge in [0.2, 0.25) is 0 Å². The maximum absolute atomic E-state index is 11.1. The Morgan fingerprint density at radius 2 is 2.36 bits per heavy atom. The zero-order chi connectivity index (χ0) is 10.8. The number of aromatic nitrogens is 2. The number of anilines is 1. The summed E-state index contributed by atoms with van der Waals surface area (Å²) in [5.41, 5.74) is -1.10. The van der Waals surface area contributed by atoms with Gasteiger partial charge in [0.05, 0.1) is 11.9 Å². The van der Waals surface area contributed by atoms with E-state index < -0.39 is 5.60 Å². The number of hydrogen-bond donors (Lipinski definition) is 3. The molecule has 0 aliphatic rings. The van der Waals surface area contributed by atoms with E-state index in [0.29, 0.717) is 16.8 Å². The molecule has 0 radical (unpaired) electrons. The molecule has 0 atom stereocenters. The van der Waals surface area contributed by atoms with E-state index >= 15 is 0 Å². The highest BCUT2D eigenvalue weighted by molar-refractivity contribution is 9.10. The van der Waals surface area contributed by atoms with Crippen molar-refractivity contribution in [3.8, 4) is 0 Å². The van der Waals surface area contributed by atoms with E-state index in [0.717, 1.165) is 0 Å². The molecule has 6 heteroatoms. The normalized spacial score (nSPS) is 11.4. The van der Waals surface area contributed by atoms with Crippen LogP contribution in [-0.2, 0) is 0 Å². The smallest absolute Gasteiger partial charge is 0.267 e. The third-order valence-corrected chi connectivity index (χ3v) is 2.22. The summed E-state index contributed by atoms with van der Waals surface area (Å²) < 4.78 is 0.337. The van der Waals surface area contributed by atoms with E-state index in [1.165, 1.54) is 6.33 Å². The van der Waals surface area contributed by atoms with Gasteiger partial charge in [-0.1, -0.05) is 0 Å². The van der Waals surface area contributed by atoms with Gasteiger partial charge in [-0.3, -0.25) is 4.79 Å². The second-order valence-corrected chi connectivity index (χ2v) is 4.35. The molecule has 0 aliphatic carbocycles. The van der Waals surface area contributed by atoms with E-state index in [1.807, 2.05) is 0 Å². The minimum absolute atomic E-state index is 0.252. The third kappa shape index (κ3) is 3.12. The molecule has 1 heterocycles. The summed E-state index contributed by atoms with van der Waals surface area (Å²) in [5, 5.41) is 12.3. The van der Waals surface area contributed by atoms with Crippen LogP contribution in [0.25, 0.3) is 0 Å². The molecule has 0 fully saturated rings. The molecule has 1 rings (SSSR count). The molecule has 0 unspecified atom stereocenters. The van der Waals surface area contributed by atoms with Crippen molar-refractivity contribution in [1.82, 2.24) is 9.97 Å². The highest BCUT2D eigenvalue weighted by Crippen LogP contribution is 2.14. The Morgan fingerprint density at radius 1 is 1.71 bits per heavy atom. The fourth-order valence-corrected chi connectivity index (χ4v) is 1.16. The summed E-state index contributed by atoms with van der Waals surface area (Å²) in [6, 6.07) is 0. The number of rotatable bonds is 3. The fraction of sp³-hybridized carbons (Fsp3) is 0.500. The Bertz CT molecular complexity index is 370. The predicted molar refractivity (Wildman–Crippen MR) is 57.3 cm³/mol. The minimum atomic E-state index is -0.844. The van der Waals surface area contributed by atoms with E-state index in [-0.39, 0.29) is 5.56 Å². The number of nitrogens with zero attached hydrogens (tertiary/aromatic N) is 1. The SMILES string of the molecule is CC(C)(O)CNc1nc[nH]c(=O)c1Br. The molecule has 0 saturated carbocycles. The Labute approximate surface area is 89.7 Å². The van der Waals surface area contributed by atoms with Gasteiger partial charge in [0, 0.05) is 6.54 Å². The maximum atomic E-state index is 11.1. The van der Waals surface area contributed by atoms with Crippen LogP contribution in [0.1, 0.15) is 13.8 Å². The van der Waals surface area contributed by atoms with Crippen molar-refractivity contribution in [3.63, 3.8) is 0 Å². The summed E-state index contributed by atoms with van der Waals surface area (Å²) >= 11 is 3.10. The molecule has 0 saturated heterocycles. The number of halogens is 1. The van der Waals surface area contributed by atoms with Crippen LogP contribution < -0.4 is 10.9 Å². The Morgan fingerprint density at radius 3 is 2.93 bits per heavy atom. The number of aliphatic hydroxyl groups is 1. The third-order valence-electron chi connectivity index (χ3n) is 1.48. The van der Waals surface area contributed by atoms with Gasteiger partial charge in [-0.2, -0.15) is 0 Å². The molecule has 0 amide bonds. The molecule has 1 aromatic heterocycles. The lowest BCUT2D eigenvalue weighted by Crippen LogP contribution is -2.30. The average molecular weight is 262 g/mol. The van der Waals surface area contributed by atoms with Crippen molar-refractivity contribution < 1.29 is 5.11 Å². The predicted octanol–water partition coefficient (Wildman–Crippen LogP) is 0.715. The molecule has 0 bridgehead atoms. The maximum Gasteiger partial charge on any atom is 0.267 e. The van der Waals surface area contributed by atoms with Crippen molar-refractivity contribution in [3.05, 3.63) is 21.2 Å². The number of aromatic amines is 1. The van der Waals surface area contributed by atoms with Crippen LogP contribution in [0.4, 0.5) is 5.82 Å². The molecule has 3 N–H and O–H groups in total. The van der Waals surface area contributed by atoms with Crippen LogP contribution in [0.15, 0.2) is 15.6 Å². The topological polar surface area (TPSA) is 78.0 Å². The molecule has 1 aromatic rings. The first-order valence-corrected chi connectivity index (χ1v) is 4.89. The number of H-pyrrole nitrogens is 1. The zero-order valence-electron chi connectivity index (χ0n) is 7.97. The van der Waals surface area contributed by atoms with E-state index in [4.69, 9.17) is 0 Å². The summed E-state index contributed by atoms with van der Waals surface area (Å²) in [4.78, 5) is 17.5. The highest BCUT2D eigenvalue weighted by Gasteiger charge is 2.13. The standard InChI is InChI=1S/C8H12BrN3O2/c1-8(2,14)3-10-6-5(9)7(13)12-4-11-6/h4,14H,3H2,1-2H3,(H2,10,11,12,13). The van der Waals surface area contributed by atoms with E-state index in [9.17, 15) is 9.90 Å². The zero-order valence-corrected chi connectivity index (χ0v) is 9.55. The van der Waals surface area contributed by atoms with Crippen molar-refractivity contribution in [2.45, 2.75) is 19.4 Å². The molecule has 5 nitrogen and oxygen atoms in total. The van der Waals surface area contributed by atoms with Gasteiger partial charge in [0.25, 0.3) is 5.56 Å². The summed E-state index contributed by atoms with van der Waals surface area (Å²) in [5.74, 6) is 0.427. The summed E-state index contributed by atoms with van der Waals surface area (Å²) in [6.45, 7) is 3.66. The fourth-order valence-electron chi connectivity index (χ4n) is 0.806. The number of hydrogen-bond acceptors (Lipinski definition) is 4. The van der Waals surface area contributed by atoms with Crippen molar-refractivity contribution in [1.29, 1.82) is 0 Å². The van der Waals surface area contributed by atoms with E-state index in [2.05, 4.69) is 31.2 Å². The molecular formula is C8H12BrN3O2. The quantitative estimate of drug-likeness (QED) is 0.749. The van der Waals surface area contributed by atoms with Crippen LogP contribution in [0, 0.1) is 0 Å². The second-order valence-electron chi connectivity index (χ2n) is 3.56. The average Bonchev–Trinajstić information content (AvgIpc) is 2.06. The van der Waals surface area contributed by atoms with Gasteiger partial charge < -0.3 is 15.4 Å². The molecule has 0 spiro atoms. The lowest BCUT2D eigenvalue weighted by atomic mass is 10.1. The van der Waals surface area contributed by atoms with Crippen molar-refractivity contribution in [2.24, 2.45) is 0 Å². The van der Waals surface area contributed by atoms with Crippen LogP contribution in [-0.4, -0.2) is 27.2 Å². The Balaban J connectivity index is 2.78. The molecular weight excluding hydrogens is 250 g/mol. The summed E-state index contributed by atoms with van der Waals surface area (Å²) in [7, 11) is 0. The summed E-state index contributed by atoms with van der Waals surface area (Å²) in [6.07, 6.45) is 1.31. The highest BCUT2D eigenvalue weighted by atomic mass is 79.9. The lowest BCUT2D eigenvalue weighted by Gasteiger charge is -2.18. The largest absolute Gasteiger partial charge is 0.389 e. The van der Waals surface area contributed by atoms with Gasteiger partial charge >= 0.3 is 0 Å². The van der Waals surface area contributed by atoms with Gasteiger partial charge in [-0.05, 0) is 29.8 Å². The number of nitrogens with one attached hydrogen (secondary N) is 2. The van der Waals surface area contributed by atoms with Crippen LogP contribution in [0.5, 0.6) is 0 Å². The monoisotopic (exact) mass is 261 g/mol. The van der Waals surface area contributed by atoms with Crippen molar-refractivity contribution in [2.75, 3.05) is 11.9 Å². The van der Waals surface area contributed by atoms with Crippen LogP contribution in [0.2, 0.25) is 0 Å².